The Morgan fingerprint density at radius 2 is 2.00 bits per heavy atom. The zero-order chi connectivity index (χ0) is 22.1. The summed E-state index contributed by atoms with van der Waals surface area (Å²) in [4.78, 5) is 20.7. The molecule has 0 aliphatic carbocycles. The van der Waals surface area contributed by atoms with E-state index in [2.05, 4.69) is 21.8 Å². The second-order valence-electron chi connectivity index (χ2n) is 7.92. The van der Waals surface area contributed by atoms with Crippen LogP contribution in [0, 0.1) is 18.8 Å². The lowest BCUT2D eigenvalue weighted by atomic mass is 10.1. The van der Waals surface area contributed by atoms with Gasteiger partial charge < -0.3 is 9.30 Å². The lowest BCUT2D eigenvalue weighted by Crippen LogP contribution is -2.11. The third kappa shape index (κ3) is 3.81. The summed E-state index contributed by atoms with van der Waals surface area (Å²) in [5, 5.41) is 7.42. The van der Waals surface area contributed by atoms with Gasteiger partial charge >= 0.3 is 0 Å². The van der Waals surface area contributed by atoms with Gasteiger partial charge in [0, 0.05) is 36.3 Å². The number of nitroso groups, excluding NO2 is 1. The van der Waals surface area contributed by atoms with Crippen LogP contribution in [0.3, 0.4) is 0 Å². The quantitative estimate of drug-likeness (QED) is 0.394. The van der Waals surface area contributed by atoms with Crippen molar-refractivity contribution in [3.8, 4) is 22.7 Å². The maximum Gasteiger partial charge on any atom is 0.159 e. The summed E-state index contributed by atoms with van der Waals surface area (Å²) in [6, 6.07) is 7.64. The van der Waals surface area contributed by atoms with E-state index < -0.39 is 0 Å². The van der Waals surface area contributed by atoms with Crippen LogP contribution in [0.5, 0.6) is 5.75 Å². The molecule has 160 valence electrons. The van der Waals surface area contributed by atoms with Crippen molar-refractivity contribution in [2.75, 3.05) is 7.11 Å². The fraction of sp³-hybridized carbons (Fsp3) is 0.348. The molecule has 0 aliphatic heterocycles. The Morgan fingerprint density at radius 3 is 2.68 bits per heavy atom. The second kappa shape index (κ2) is 8.29. The fourth-order valence-corrected chi connectivity index (χ4v) is 3.96. The second-order valence-corrected chi connectivity index (χ2v) is 7.92. The molecule has 0 N–H and O–H groups in total. The Kier molecular flexibility index (Phi) is 5.54. The summed E-state index contributed by atoms with van der Waals surface area (Å²) in [6.07, 6.45) is 6.33. The van der Waals surface area contributed by atoms with Crippen LogP contribution in [0.4, 0.5) is 0 Å². The molecule has 0 saturated carbocycles. The average Bonchev–Trinajstić information content (AvgIpc) is 3.41. The standard InChI is InChI=1S/C23H26N6O2/c1-14-13-28(16(3)11-15(2)27-30)23-21(14)26-22(17(4)25-23)19-8-7-18(12-20(19)31-5)29-10-6-9-24-29/h6-10,12-13,15-16H,11H2,1-5H3. The number of aryl methyl sites for hydroxylation is 2. The number of hydrogen-bond donors (Lipinski definition) is 0. The Labute approximate surface area is 180 Å². The summed E-state index contributed by atoms with van der Waals surface area (Å²) in [7, 11) is 1.65. The molecule has 0 spiro atoms. The SMILES string of the molecule is COc1cc(-n2cccn2)ccc1-c1nc2c(C)cn(C(C)CC(C)N=O)c2nc1C. The van der Waals surface area contributed by atoms with Gasteiger partial charge in [0.25, 0.3) is 0 Å². The van der Waals surface area contributed by atoms with Gasteiger partial charge in [0.1, 0.15) is 11.3 Å². The topological polar surface area (TPSA) is 87.2 Å². The molecule has 0 saturated heterocycles. The third-order valence-corrected chi connectivity index (χ3v) is 5.55. The summed E-state index contributed by atoms with van der Waals surface area (Å²) >= 11 is 0. The van der Waals surface area contributed by atoms with E-state index in [1.807, 2.05) is 57.4 Å². The number of aromatic nitrogens is 5. The molecule has 2 unspecified atom stereocenters. The number of ether oxygens (including phenoxy) is 1. The smallest absolute Gasteiger partial charge is 0.159 e. The summed E-state index contributed by atoms with van der Waals surface area (Å²) in [6.45, 7) is 7.88. The van der Waals surface area contributed by atoms with Gasteiger partial charge in [-0.25, -0.2) is 14.6 Å². The minimum absolute atomic E-state index is 0.0892. The molecule has 1 aromatic carbocycles. The van der Waals surface area contributed by atoms with Crippen molar-refractivity contribution in [1.82, 2.24) is 24.3 Å². The van der Waals surface area contributed by atoms with Crippen LogP contribution in [-0.2, 0) is 0 Å². The maximum atomic E-state index is 10.9. The number of fused-ring (bicyclic) bond motifs is 1. The Hall–Kier alpha value is -3.55. The Balaban J connectivity index is 1.80. The minimum atomic E-state index is -0.251. The molecular weight excluding hydrogens is 392 g/mol. The van der Waals surface area contributed by atoms with Crippen molar-refractivity contribution in [2.45, 2.75) is 46.2 Å². The highest BCUT2D eigenvalue weighted by molar-refractivity contribution is 5.81. The number of nitrogens with zero attached hydrogens (tertiary/aromatic N) is 6. The van der Waals surface area contributed by atoms with Crippen molar-refractivity contribution < 1.29 is 4.74 Å². The summed E-state index contributed by atoms with van der Waals surface area (Å²) in [5.74, 6) is 0.709. The van der Waals surface area contributed by atoms with Crippen LogP contribution in [0.1, 0.15) is 37.6 Å². The molecule has 0 bridgehead atoms. The molecule has 0 radical (unpaired) electrons. The predicted molar refractivity (Wildman–Crippen MR) is 121 cm³/mol. The minimum Gasteiger partial charge on any atom is -0.496 e. The molecule has 3 aromatic heterocycles. The van der Waals surface area contributed by atoms with Gasteiger partial charge in [-0.15, -0.1) is 0 Å². The van der Waals surface area contributed by atoms with Crippen molar-refractivity contribution in [1.29, 1.82) is 0 Å². The maximum absolute atomic E-state index is 10.9. The van der Waals surface area contributed by atoms with E-state index in [4.69, 9.17) is 14.7 Å². The molecule has 3 heterocycles. The number of methoxy groups -OCH3 is 1. The van der Waals surface area contributed by atoms with Gasteiger partial charge in [-0.05, 0) is 57.9 Å². The van der Waals surface area contributed by atoms with E-state index >= 15 is 0 Å². The first-order valence-electron chi connectivity index (χ1n) is 10.3. The Morgan fingerprint density at radius 1 is 1.19 bits per heavy atom. The molecular formula is C23H26N6O2. The van der Waals surface area contributed by atoms with Crippen LogP contribution >= 0.6 is 0 Å². The molecule has 8 nitrogen and oxygen atoms in total. The monoisotopic (exact) mass is 418 g/mol. The van der Waals surface area contributed by atoms with Gasteiger partial charge in [0.05, 0.1) is 30.2 Å². The van der Waals surface area contributed by atoms with Crippen LogP contribution < -0.4 is 4.74 Å². The third-order valence-electron chi connectivity index (χ3n) is 5.55. The number of benzene rings is 1. The lowest BCUT2D eigenvalue weighted by molar-refractivity contribution is 0.416. The Bertz CT molecular complexity index is 1230. The van der Waals surface area contributed by atoms with E-state index in [1.165, 1.54) is 0 Å². The van der Waals surface area contributed by atoms with E-state index in [0.717, 1.165) is 39.4 Å². The van der Waals surface area contributed by atoms with E-state index in [-0.39, 0.29) is 12.1 Å². The van der Waals surface area contributed by atoms with Gasteiger partial charge in [0.15, 0.2) is 5.65 Å². The summed E-state index contributed by atoms with van der Waals surface area (Å²) in [5.41, 5.74) is 6.08. The first-order chi connectivity index (χ1) is 14.9. The van der Waals surface area contributed by atoms with Crippen LogP contribution in [0.15, 0.2) is 48.0 Å². The zero-order valence-corrected chi connectivity index (χ0v) is 18.4. The first-order valence-corrected chi connectivity index (χ1v) is 10.3. The van der Waals surface area contributed by atoms with E-state index in [9.17, 15) is 4.91 Å². The van der Waals surface area contributed by atoms with Crippen molar-refractivity contribution in [2.24, 2.45) is 5.18 Å². The lowest BCUT2D eigenvalue weighted by Gasteiger charge is -2.16. The van der Waals surface area contributed by atoms with Gasteiger partial charge in [-0.3, -0.25) is 0 Å². The van der Waals surface area contributed by atoms with Gasteiger partial charge in [-0.2, -0.15) is 10.0 Å². The highest BCUT2D eigenvalue weighted by Gasteiger charge is 2.20. The molecule has 31 heavy (non-hydrogen) atoms. The van der Waals surface area contributed by atoms with E-state index in [0.29, 0.717) is 12.2 Å². The van der Waals surface area contributed by atoms with Crippen LogP contribution in [0.25, 0.3) is 28.1 Å². The largest absolute Gasteiger partial charge is 0.496 e. The highest BCUT2D eigenvalue weighted by atomic mass is 16.5. The molecule has 4 aromatic rings. The first kappa shape index (κ1) is 20.7. The zero-order valence-electron chi connectivity index (χ0n) is 18.4. The van der Waals surface area contributed by atoms with Crippen molar-refractivity contribution in [3.63, 3.8) is 0 Å². The highest BCUT2D eigenvalue weighted by Crippen LogP contribution is 2.34. The van der Waals surface area contributed by atoms with Crippen molar-refractivity contribution >= 4 is 11.2 Å². The molecule has 2 atom stereocenters. The van der Waals surface area contributed by atoms with Crippen molar-refractivity contribution in [3.05, 3.63) is 59.0 Å². The van der Waals surface area contributed by atoms with Gasteiger partial charge in [0.2, 0.25) is 0 Å². The fourth-order valence-electron chi connectivity index (χ4n) is 3.96. The molecule has 0 fully saturated rings. The molecule has 0 aliphatic rings. The summed E-state index contributed by atoms with van der Waals surface area (Å²) < 4.78 is 9.56. The van der Waals surface area contributed by atoms with Crippen LogP contribution in [-0.4, -0.2) is 37.5 Å². The molecule has 8 heteroatoms. The van der Waals surface area contributed by atoms with E-state index in [1.54, 1.807) is 18.0 Å². The average molecular weight is 419 g/mol. The predicted octanol–water partition coefficient (Wildman–Crippen LogP) is 5.02. The molecule has 0 amide bonds. The number of rotatable bonds is 7. The normalized spacial score (nSPS) is 13.3. The van der Waals surface area contributed by atoms with Crippen LogP contribution in [0.2, 0.25) is 0 Å². The van der Waals surface area contributed by atoms with Gasteiger partial charge in [-0.1, -0.05) is 5.18 Å². The molecule has 4 rings (SSSR count). The number of hydrogen-bond acceptors (Lipinski definition) is 6.